The number of esters is 1. The van der Waals surface area contributed by atoms with Crippen LogP contribution in [0.4, 0.5) is 0 Å². The first kappa shape index (κ1) is 16.2. The van der Waals surface area contributed by atoms with Crippen molar-refractivity contribution >= 4 is 11.8 Å². The highest BCUT2D eigenvalue weighted by molar-refractivity contribution is 6.06. The fraction of sp³-hybridized carbons (Fsp3) is 0.875. The molecule has 3 heteroatoms. The van der Waals surface area contributed by atoms with E-state index in [4.69, 9.17) is 4.74 Å². The summed E-state index contributed by atoms with van der Waals surface area (Å²) in [5, 5.41) is 0. The topological polar surface area (TPSA) is 43.4 Å². The first-order chi connectivity index (χ1) is 8.79. The van der Waals surface area contributed by atoms with Gasteiger partial charge >= 0.3 is 5.97 Å². The van der Waals surface area contributed by atoms with Crippen LogP contribution in [-0.4, -0.2) is 18.4 Å². The number of rotatable bonds is 4. The van der Waals surface area contributed by atoms with Gasteiger partial charge in [-0.15, -0.1) is 0 Å². The molecule has 3 nitrogen and oxygen atoms in total. The highest BCUT2D eigenvalue weighted by Crippen LogP contribution is 2.48. The van der Waals surface area contributed by atoms with Crippen LogP contribution >= 0.6 is 0 Å². The predicted octanol–water partition coefficient (Wildman–Crippen LogP) is 3.46. The molecule has 0 aromatic rings. The molecule has 3 atom stereocenters. The van der Waals surface area contributed by atoms with Crippen LogP contribution in [0.15, 0.2) is 0 Å². The van der Waals surface area contributed by atoms with E-state index in [9.17, 15) is 9.59 Å². The molecule has 19 heavy (non-hydrogen) atoms. The molecule has 0 radical (unpaired) electrons. The number of hydrogen-bond acceptors (Lipinski definition) is 3. The molecule has 0 N–H and O–H groups in total. The van der Waals surface area contributed by atoms with Crippen molar-refractivity contribution < 1.29 is 14.3 Å². The Bertz CT molecular complexity index is 346. The van der Waals surface area contributed by atoms with Gasteiger partial charge in [-0.2, -0.15) is 0 Å². The Hall–Kier alpha value is -0.860. The van der Waals surface area contributed by atoms with E-state index in [0.717, 1.165) is 12.8 Å². The van der Waals surface area contributed by atoms with E-state index < -0.39 is 5.41 Å². The van der Waals surface area contributed by atoms with Crippen molar-refractivity contribution in [3.8, 4) is 0 Å². The minimum absolute atomic E-state index is 0.0111. The SMILES string of the molecule is CCOC(=O)C1(C(C)C)C(=O)C(C(C)C)CCC1C. The Labute approximate surface area is 117 Å². The predicted molar refractivity (Wildman–Crippen MR) is 75.6 cm³/mol. The fourth-order valence-electron chi connectivity index (χ4n) is 3.62. The van der Waals surface area contributed by atoms with Gasteiger partial charge in [-0.25, -0.2) is 0 Å². The van der Waals surface area contributed by atoms with E-state index in [1.165, 1.54) is 0 Å². The maximum Gasteiger partial charge on any atom is 0.320 e. The Kier molecular flexibility index (Phi) is 5.17. The summed E-state index contributed by atoms with van der Waals surface area (Å²) >= 11 is 0. The van der Waals surface area contributed by atoms with Gasteiger partial charge in [-0.05, 0) is 37.5 Å². The molecule has 0 aliphatic heterocycles. The molecule has 110 valence electrons. The number of hydrogen-bond donors (Lipinski definition) is 0. The number of ether oxygens (including phenoxy) is 1. The number of Topliss-reactive ketones (excluding diaryl/α,β-unsaturated/α-hetero) is 1. The van der Waals surface area contributed by atoms with Crippen LogP contribution in [0.5, 0.6) is 0 Å². The molecule has 0 saturated heterocycles. The molecule has 3 unspecified atom stereocenters. The lowest BCUT2D eigenvalue weighted by Crippen LogP contribution is -2.55. The van der Waals surface area contributed by atoms with Crippen LogP contribution in [0, 0.1) is 29.1 Å². The molecular weight excluding hydrogens is 240 g/mol. The van der Waals surface area contributed by atoms with E-state index in [1.807, 2.05) is 20.8 Å². The van der Waals surface area contributed by atoms with E-state index in [0.29, 0.717) is 6.61 Å². The molecule has 1 saturated carbocycles. The van der Waals surface area contributed by atoms with Crippen molar-refractivity contribution in [1.82, 2.24) is 0 Å². The van der Waals surface area contributed by atoms with Crippen molar-refractivity contribution in [2.75, 3.05) is 6.61 Å². The van der Waals surface area contributed by atoms with E-state index in [-0.39, 0.29) is 35.4 Å². The van der Waals surface area contributed by atoms with Gasteiger partial charge < -0.3 is 4.74 Å². The summed E-state index contributed by atoms with van der Waals surface area (Å²) in [6.45, 7) is 12.2. The Morgan fingerprint density at radius 2 is 1.89 bits per heavy atom. The third-order valence-electron chi connectivity index (χ3n) is 4.76. The second-order valence-corrected chi connectivity index (χ2v) is 6.44. The van der Waals surface area contributed by atoms with Gasteiger partial charge in [0.2, 0.25) is 0 Å². The van der Waals surface area contributed by atoms with Gasteiger partial charge in [-0.3, -0.25) is 9.59 Å². The quantitative estimate of drug-likeness (QED) is 0.579. The summed E-state index contributed by atoms with van der Waals surface area (Å²) in [6, 6.07) is 0. The largest absolute Gasteiger partial charge is 0.465 e. The highest BCUT2D eigenvalue weighted by atomic mass is 16.5. The number of carbonyl (C=O) groups excluding carboxylic acids is 2. The lowest BCUT2D eigenvalue weighted by molar-refractivity contribution is -0.173. The van der Waals surface area contributed by atoms with Crippen LogP contribution in [0.3, 0.4) is 0 Å². The normalized spacial score (nSPS) is 31.9. The van der Waals surface area contributed by atoms with Crippen LogP contribution in [0.2, 0.25) is 0 Å². The zero-order chi connectivity index (χ0) is 14.8. The van der Waals surface area contributed by atoms with Gasteiger partial charge in [0.25, 0.3) is 0 Å². The molecule has 1 fully saturated rings. The lowest BCUT2D eigenvalue weighted by Gasteiger charge is -2.45. The molecule has 0 aromatic heterocycles. The molecule has 1 aliphatic rings. The van der Waals surface area contributed by atoms with E-state index >= 15 is 0 Å². The van der Waals surface area contributed by atoms with Crippen LogP contribution in [0.1, 0.15) is 54.4 Å². The van der Waals surface area contributed by atoms with Gasteiger partial charge in [0.05, 0.1) is 6.61 Å². The molecule has 0 heterocycles. The zero-order valence-corrected chi connectivity index (χ0v) is 13.2. The average molecular weight is 268 g/mol. The molecule has 0 aromatic carbocycles. The summed E-state index contributed by atoms with van der Waals surface area (Å²) in [4.78, 5) is 25.5. The van der Waals surface area contributed by atoms with Crippen molar-refractivity contribution in [3.63, 3.8) is 0 Å². The number of ketones is 1. The third-order valence-corrected chi connectivity index (χ3v) is 4.76. The summed E-state index contributed by atoms with van der Waals surface area (Å²) in [6.07, 6.45) is 1.82. The Morgan fingerprint density at radius 3 is 2.32 bits per heavy atom. The van der Waals surface area contributed by atoms with Crippen LogP contribution < -0.4 is 0 Å². The fourth-order valence-corrected chi connectivity index (χ4v) is 3.62. The van der Waals surface area contributed by atoms with Crippen LogP contribution in [0.25, 0.3) is 0 Å². The van der Waals surface area contributed by atoms with Gasteiger partial charge in [0, 0.05) is 5.92 Å². The van der Waals surface area contributed by atoms with Gasteiger partial charge in [0.1, 0.15) is 5.41 Å². The molecule has 0 spiro atoms. The second-order valence-electron chi connectivity index (χ2n) is 6.44. The maximum absolute atomic E-state index is 13.0. The van der Waals surface area contributed by atoms with Crippen molar-refractivity contribution in [2.24, 2.45) is 29.1 Å². The Balaban J connectivity index is 3.24. The second kappa shape index (κ2) is 6.06. The van der Waals surface area contributed by atoms with Crippen molar-refractivity contribution in [2.45, 2.75) is 54.4 Å². The Morgan fingerprint density at radius 1 is 1.32 bits per heavy atom. The summed E-state index contributed by atoms with van der Waals surface area (Å²) < 4.78 is 5.26. The van der Waals surface area contributed by atoms with Gasteiger partial charge in [-0.1, -0.05) is 34.6 Å². The van der Waals surface area contributed by atoms with E-state index in [2.05, 4.69) is 13.8 Å². The van der Waals surface area contributed by atoms with Crippen molar-refractivity contribution in [3.05, 3.63) is 0 Å². The van der Waals surface area contributed by atoms with E-state index in [1.54, 1.807) is 6.92 Å². The lowest BCUT2D eigenvalue weighted by atomic mass is 9.56. The van der Waals surface area contributed by atoms with Crippen LogP contribution in [-0.2, 0) is 14.3 Å². The maximum atomic E-state index is 13.0. The smallest absolute Gasteiger partial charge is 0.320 e. The summed E-state index contributed by atoms with van der Waals surface area (Å²) in [5.41, 5.74) is -0.941. The van der Waals surface area contributed by atoms with Gasteiger partial charge in [0.15, 0.2) is 5.78 Å². The first-order valence-corrected chi connectivity index (χ1v) is 7.51. The molecule has 1 aliphatic carbocycles. The first-order valence-electron chi connectivity index (χ1n) is 7.51. The standard InChI is InChI=1S/C16H28O3/c1-7-19-15(18)16(11(4)5)12(6)8-9-13(10(2)3)14(16)17/h10-13H,7-9H2,1-6H3. The highest BCUT2D eigenvalue weighted by Gasteiger charge is 2.57. The molecule has 1 rings (SSSR count). The molecule has 0 bridgehead atoms. The minimum Gasteiger partial charge on any atom is -0.465 e. The summed E-state index contributed by atoms with van der Waals surface area (Å²) in [7, 11) is 0. The monoisotopic (exact) mass is 268 g/mol. The average Bonchev–Trinajstić information content (AvgIpc) is 2.28. The molecular formula is C16H28O3. The van der Waals surface area contributed by atoms with Crippen molar-refractivity contribution in [1.29, 1.82) is 0 Å². The number of carbonyl (C=O) groups is 2. The zero-order valence-electron chi connectivity index (χ0n) is 13.2. The molecule has 0 amide bonds. The summed E-state index contributed by atoms with van der Waals surface area (Å²) in [5.74, 6) is 0.114. The minimum atomic E-state index is -0.941. The third kappa shape index (κ3) is 2.56.